The van der Waals surface area contributed by atoms with Crippen molar-refractivity contribution in [2.24, 2.45) is 11.7 Å². The molecule has 0 fully saturated rings. The standard InChI is InChI=1S/C23H24N2O4S/c1-15-12-13-18(30-15)14-19(20(24)23(27)28)22(26)25(29)21(16-8-4-2-5-9-16)17-10-6-3-7-11-17/h2-13,19-21,29H,14,24H2,1H3,(H,27,28)/t19-,20+/m1/s1. The van der Waals surface area contributed by atoms with Gasteiger partial charge in [-0.1, -0.05) is 60.7 Å². The molecule has 4 N–H and O–H groups in total. The van der Waals surface area contributed by atoms with Crippen LogP contribution in [0.3, 0.4) is 0 Å². The summed E-state index contributed by atoms with van der Waals surface area (Å²) >= 11 is 1.47. The Morgan fingerprint density at radius 1 is 0.967 bits per heavy atom. The zero-order valence-electron chi connectivity index (χ0n) is 16.5. The fourth-order valence-corrected chi connectivity index (χ4v) is 4.34. The molecule has 0 bridgehead atoms. The molecule has 1 aromatic heterocycles. The van der Waals surface area contributed by atoms with Gasteiger partial charge < -0.3 is 10.8 Å². The average molecular weight is 425 g/mol. The Balaban J connectivity index is 1.97. The zero-order chi connectivity index (χ0) is 21.7. The lowest BCUT2D eigenvalue weighted by Gasteiger charge is -2.31. The van der Waals surface area contributed by atoms with E-state index in [1.807, 2.05) is 79.7 Å². The molecule has 0 radical (unpaired) electrons. The number of rotatable bonds is 8. The number of nitrogens with zero attached hydrogens (tertiary/aromatic N) is 1. The number of aliphatic carboxylic acids is 1. The van der Waals surface area contributed by atoms with Crippen molar-refractivity contribution >= 4 is 23.2 Å². The number of hydroxylamine groups is 2. The largest absolute Gasteiger partial charge is 0.480 e. The molecule has 0 saturated heterocycles. The minimum absolute atomic E-state index is 0.137. The SMILES string of the molecule is Cc1ccc(C[C@@H](C(=O)N(O)C(c2ccccc2)c2ccccc2)[C@H](N)C(=O)O)s1. The molecule has 0 aliphatic rings. The number of benzene rings is 2. The highest BCUT2D eigenvalue weighted by molar-refractivity contribution is 7.11. The monoisotopic (exact) mass is 424 g/mol. The summed E-state index contributed by atoms with van der Waals surface area (Å²) in [6, 6.07) is 19.7. The van der Waals surface area contributed by atoms with Crippen molar-refractivity contribution in [2.75, 3.05) is 0 Å². The minimum Gasteiger partial charge on any atom is -0.480 e. The van der Waals surface area contributed by atoms with Crippen LogP contribution in [0.1, 0.15) is 26.9 Å². The first-order valence-electron chi connectivity index (χ1n) is 9.54. The van der Waals surface area contributed by atoms with E-state index in [9.17, 15) is 19.9 Å². The second kappa shape index (κ2) is 9.67. The predicted octanol–water partition coefficient (Wildman–Crippen LogP) is 3.63. The van der Waals surface area contributed by atoms with Crippen LogP contribution in [-0.2, 0) is 16.0 Å². The van der Waals surface area contributed by atoms with Gasteiger partial charge in [0, 0.05) is 9.75 Å². The van der Waals surface area contributed by atoms with Gasteiger partial charge in [0.05, 0.1) is 5.92 Å². The van der Waals surface area contributed by atoms with E-state index in [0.29, 0.717) is 16.2 Å². The summed E-state index contributed by atoms with van der Waals surface area (Å²) in [5.74, 6) is -3.12. The molecule has 0 unspecified atom stereocenters. The fraction of sp³-hybridized carbons (Fsp3) is 0.217. The summed E-state index contributed by atoms with van der Waals surface area (Å²) in [5, 5.41) is 21.1. The number of carbonyl (C=O) groups is 2. The van der Waals surface area contributed by atoms with Crippen molar-refractivity contribution in [3.8, 4) is 0 Å². The number of carboxylic acids is 1. The molecule has 30 heavy (non-hydrogen) atoms. The predicted molar refractivity (Wildman–Crippen MR) is 115 cm³/mol. The second-order valence-corrected chi connectivity index (χ2v) is 8.47. The first kappa shape index (κ1) is 21.7. The number of hydrogen-bond donors (Lipinski definition) is 3. The lowest BCUT2D eigenvalue weighted by Crippen LogP contribution is -2.48. The summed E-state index contributed by atoms with van der Waals surface area (Å²) in [7, 11) is 0. The Bertz CT molecular complexity index is 951. The number of nitrogens with two attached hydrogens (primary N) is 1. The van der Waals surface area contributed by atoms with Crippen LogP contribution in [0, 0.1) is 12.8 Å². The molecule has 7 heteroatoms. The van der Waals surface area contributed by atoms with Crippen LogP contribution in [0.2, 0.25) is 0 Å². The van der Waals surface area contributed by atoms with Gasteiger partial charge in [-0.25, -0.2) is 5.06 Å². The summed E-state index contributed by atoms with van der Waals surface area (Å²) in [6.45, 7) is 1.93. The molecule has 156 valence electrons. The summed E-state index contributed by atoms with van der Waals surface area (Å²) in [5.41, 5.74) is 7.28. The Morgan fingerprint density at radius 2 is 1.50 bits per heavy atom. The number of carboxylic acid groups (broad SMARTS) is 1. The zero-order valence-corrected chi connectivity index (χ0v) is 17.3. The van der Waals surface area contributed by atoms with Crippen LogP contribution in [-0.4, -0.2) is 33.3 Å². The molecular weight excluding hydrogens is 400 g/mol. The summed E-state index contributed by atoms with van der Waals surface area (Å²) in [4.78, 5) is 26.8. The second-order valence-electron chi connectivity index (χ2n) is 7.09. The average Bonchev–Trinajstić information content (AvgIpc) is 3.17. The van der Waals surface area contributed by atoms with E-state index in [-0.39, 0.29) is 6.42 Å². The molecule has 1 heterocycles. The minimum atomic E-state index is -1.44. The van der Waals surface area contributed by atoms with Gasteiger partial charge in [0.1, 0.15) is 12.1 Å². The number of thiophene rings is 1. The number of amides is 1. The highest BCUT2D eigenvalue weighted by Crippen LogP contribution is 2.30. The summed E-state index contributed by atoms with van der Waals surface area (Å²) in [6.07, 6.45) is 0.137. The molecule has 6 nitrogen and oxygen atoms in total. The summed E-state index contributed by atoms with van der Waals surface area (Å²) < 4.78 is 0. The lowest BCUT2D eigenvalue weighted by molar-refractivity contribution is -0.180. The molecule has 3 rings (SSSR count). The molecule has 1 amide bonds. The van der Waals surface area contributed by atoms with Gasteiger partial charge in [-0.3, -0.25) is 14.8 Å². The maximum Gasteiger partial charge on any atom is 0.321 e. The number of aryl methyl sites for hydroxylation is 1. The molecule has 2 aromatic carbocycles. The van der Waals surface area contributed by atoms with E-state index in [1.54, 1.807) is 0 Å². The van der Waals surface area contributed by atoms with Crippen molar-refractivity contribution < 1.29 is 19.9 Å². The van der Waals surface area contributed by atoms with Crippen molar-refractivity contribution in [3.05, 3.63) is 93.7 Å². The van der Waals surface area contributed by atoms with Crippen LogP contribution < -0.4 is 5.73 Å². The Hall–Kier alpha value is -3.00. The first-order chi connectivity index (χ1) is 14.4. The van der Waals surface area contributed by atoms with Crippen molar-refractivity contribution in [3.63, 3.8) is 0 Å². The molecule has 0 spiro atoms. The third-order valence-corrected chi connectivity index (χ3v) is 5.98. The van der Waals surface area contributed by atoms with E-state index in [2.05, 4.69) is 0 Å². The van der Waals surface area contributed by atoms with E-state index in [4.69, 9.17) is 5.73 Å². The number of hydrogen-bond acceptors (Lipinski definition) is 5. The maximum absolute atomic E-state index is 13.3. The van der Waals surface area contributed by atoms with Gasteiger partial charge in [-0.05, 0) is 36.6 Å². The molecule has 0 aliphatic heterocycles. The number of carbonyl (C=O) groups excluding carboxylic acids is 1. The van der Waals surface area contributed by atoms with Gasteiger partial charge in [0.15, 0.2) is 0 Å². The van der Waals surface area contributed by atoms with Gasteiger partial charge >= 0.3 is 5.97 Å². The van der Waals surface area contributed by atoms with Crippen LogP contribution in [0.15, 0.2) is 72.8 Å². The molecular formula is C23H24N2O4S. The van der Waals surface area contributed by atoms with Crippen LogP contribution in [0.4, 0.5) is 0 Å². The third-order valence-electron chi connectivity index (χ3n) is 4.95. The van der Waals surface area contributed by atoms with E-state index >= 15 is 0 Å². The first-order valence-corrected chi connectivity index (χ1v) is 10.4. The fourth-order valence-electron chi connectivity index (χ4n) is 3.39. The molecule has 3 aromatic rings. The highest BCUT2D eigenvalue weighted by atomic mass is 32.1. The van der Waals surface area contributed by atoms with E-state index in [1.165, 1.54) is 11.3 Å². The van der Waals surface area contributed by atoms with Crippen molar-refractivity contribution in [1.82, 2.24) is 5.06 Å². The van der Waals surface area contributed by atoms with Crippen LogP contribution >= 0.6 is 11.3 Å². The quantitative estimate of drug-likeness (QED) is 0.378. The Morgan fingerprint density at radius 3 is 1.93 bits per heavy atom. The van der Waals surface area contributed by atoms with Crippen LogP contribution in [0.5, 0.6) is 0 Å². The Labute approximate surface area is 179 Å². The highest BCUT2D eigenvalue weighted by Gasteiger charge is 2.37. The topological polar surface area (TPSA) is 104 Å². The van der Waals surface area contributed by atoms with Gasteiger partial charge in [0.2, 0.25) is 0 Å². The maximum atomic E-state index is 13.3. The van der Waals surface area contributed by atoms with Crippen LogP contribution in [0.25, 0.3) is 0 Å². The van der Waals surface area contributed by atoms with Gasteiger partial charge in [-0.2, -0.15) is 0 Å². The molecule has 2 atom stereocenters. The lowest BCUT2D eigenvalue weighted by atomic mass is 9.92. The van der Waals surface area contributed by atoms with E-state index < -0.39 is 29.9 Å². The van der Waals surface area contributed by atoms with E-state index in [0.717, 1.165) is 9.75 Å². The Kier molecular flexibility index (Phi) is 6.99. The normalized spacial score (nSPS) is 13.1. The van der Waals surface area contributed by atoms with Gasteiger partial charge in [-0.15, -0.1) is 11.3 Å². The van der Waals surface area contributed by atoms with Crippen molar-refractivity contribution in [2.45, 2.75) is 25.4 Å². The smallest absolute Gasteiger partial charge is 0.321 e. The van der Waals surface area contributed by atoms with Crippen molar-refractivity contribution in [1.29, 1.82) is 0 Å². The third kappa shape index (κ3) is 4.94. The van der Waals surface area contributed by atoms with Gasteiger partial charge in [0.25, 0.3) is 5.91 Å². The molecule has 0 saturated carbocycles. The molecule has 0 aliphatic carbocycles.